The molecular formula is C14H17N3O2. The minimum Gasteiger partial charge on any atom is -0.294 e. The normalized spacial score (nSPS) is 9.47. The van der Waals surface area contributed by atoms with Crippen LogP contribution < -0.4 is 0 Å². The van der Waals surface area contributed by atoms with E-state index in [4.69, 9.17) is 0 Å². The lowest BCUT2D eigenvalue weighted by molar-refractivity contribution is 0.100. The third-order valence-corrected chi connectivity index (χ3v) is 2.55. The van der Waals surface area contributed by atoms with E-state index in [1.807, 2.05) is 13.8 Å². The van der Waals surface area contributed by atoms with Crippen molar-refractivity contribution in [3.63, 3.8) is 0 Å². The molecule has 100 valence electrons. The van der Waals surface area contributed by atoms with Crippen molar-refractivity contribution >= 4 is 11.6 Å². The fourth-order valence-corrected chi connectivity index (χ4v) is 1.64. The molecule has 2 heterocycles. The highest BCUT2D eigenvalue weighted by atomic mass is 16.1. The second-order valence-corrected chi connectivity index (χ2v) is 4.16. The quantitative estimate of drug-likeness (QED) is 0.841. The number of rotatable bonds is 2. The van der Waals surface area contributed by atoms with Gasteiger partial charge in [-0.25, -0.2) is 0 Å². The molecule has 2 aromatic rings. The minimum atomic E-state index is 0.0584. The molecule has 0 amide bonds. The van der Waals surface area contributed by atoms with E-state index >= 15 is 0 Å². The van der Waals surface area contributed by atoms with Gasteiger partial charge in [-0.3, -0.25) is 19.7 Å². The highest BCUT2D eigenvalue weighted by molar-refractivity contribution is 5.96. The Kier molecular flexibility index (Phi) is 5.11. The van der Waals surface area contributed by atoms with Gasteiger partial charge in [0.05, 0.1) is 11.3 Å². The molecule has 5 nitrogen and oxygen atoms in total. The Bertz CT molecular complexity index is 554. The van der Waals surface area contributed by atoms with E-state index in [0.717, 1.165) is 17.0 Å². The van der Waals surface area contributed by atoms with Crippen molar-refractivity contribution in [3.8, 4) is 0 Å². The molecule has 19 heavy (non-hydrogen) atoms. The second kappa shape index (κ2) is 6.58. The predicted molar refractivity (Wildman–Crippen MR) is 72.3 cm³/mol. The molecule has 0 bridgehead atoms. The van der Waals surface area contributed by atoms with Gasteiger partial charge >= 0.3 is 0 Å². The number of nitrogens with one attached hydrogen (secondary N) is 1. The van der Waals surface area contributed by atoms with E-state index in [1.54, 1.807) is 31.5 Å². The number of carbonyl (C=O) groups excluding carboxylic acids is 2. The largest absolute Gasteiger partial charge is 0.294 e. The SMILES string of the molecule is CC(=O)c1c(C)n[nH]c1C.CC(=O)c1cccnc1. The summed E-state index contributed by atoms with van der Waals surface area (Å²) < 4.78 is 0. The Labute approximate surface area is 112 Å². The molecule has 2 aromatic heterocycles. The third kappa shape index (κ3) is 4.13. The lowest BCUT2D eigenvalue weighted by Gasteiger charge is -1.90. The summed E-state index contributed by atoms with van der Waals surface area (Å²) in [5, 5.41) is 6.64. The minimum absolute atomic E-state index is 0.0584. The average molecular weight is 259 g/mol. The van der Waals surface area contributed by atoms with Crippen molar-refractivity contribution < 1.29 is 9.59 Å². The van der Waals surface area contributed by atoms with Crippen molar-refractivity contribution in [2.24, 2.45) is 0 Å². The molecule has 0 aliphatic rings. The maximum Gasteiger partial charge on any atom is 0.163 e. The lowest BCUT2D eigenvalue weighted by Crippen LogP contribution is -1.94. The van der Waals surface area contributed by atoms with Gasteiger partial charge in [0, 0.05) is 23.7 Å². The van der Waals surface area contributed by atoms with Gasteiger partial charge in [-0.15, -0.1) is 0 Å². The fraction of sp³-hybridized carbons (Fsp3) is 0.286. The Morgan fingerprint density at radius 2 is 1.84 bits per heavy atom. The van der Waals surface area contributed by atoms with Crippen LogP contribution in [0.1, 0.15) is 46.0 Å². The van der Waals surface area contributed by atoms with E-state index < -0.39 is 0 Å². The monoisotopic (exact) mass is 259 g/mol. The van der Waals surface area contributed by atoms with Crippen LogP contribution in [0.3, 0.4) is 0 Å². The molecule has 0 atom stereocenters. The first-order valence-electron chi connectivity index (χ1n) is 5.87. The van der Waals surface area contributed by atoms with Gasteiger partial charge in [0.15, 0.2) is 11.6 Å². The van der Waals surface area contributed by atoms with Gasteiger partial charge < -0.3 is 0 Å². The van der Waals surface area contributed by atoms with E-state index in [-0.39, 0.29) is 11.6 Å². The third-order valence-electron chi connectivity index (χ3n) is 2.55. The first kappa shape index (κ1) is 14.8. The summed E-state index contributed by atoms with van der Waals surface area (Å²) in [5.41, 5.74) is 3.02. The first-order valence-corrected chi connectivity index (χ1v) is 5.87. The van der Waals surface area contributed by atoms with Gasteiger partial charge in [-0.1, -0.05) is 0 Å². The van der Waals surface area contributed by atoms with Crippen LogP contribution in [0.15, 0.2) is 24.5 Å². The van der Waals surface area contributed by atoms with Crippen molar-refractivity contribution in [3.05, 3.63) is 47.0 Å². The van der Waals surface area contributed by atoms with Crippen LogP contribution in [-0.2, 0) is 0 Å². The van der Waals surface area contributed by atoms with Crippen molar-refractivity contribution in [1.29, 1.82) is 0 Å². The van der Waals surface area contributed by atoms with Gasteiger partial charge in [0.1, 0.15) is 0 Å². The summed E-state index contributed by atoms with van der Waals surface area (Å²) in [6.45, 7) is 6.73. The van der Waals surface area contributed by atoms with Crippen molar-refractivity contribution in [2.75, 3.05) is 0 Å². The number of carbonyl (C=O) groups is 2. The van der Waals surface area contributed by atoms with Crippen molar-refractivity contribution in [2.45, 2.75) is 27.7 Å². The lowest BCUT2D eigenvalue weighted by atomic mass is 10.1. The Morgan fingerprint density at radius 1 is 1.16 bits per heavy atom. The molecule has 5 heteroatoms. The number of aromatic nitrogens is 3. The van der Waals surface area contributed by atoms with Gasteiger partial charge in [0.25, 0.3) is 0 Å². The number of ketones is 2. The Balaban J connectivity index is 0.000000191. The molecule has 1 N–H and O–H groups in total. The molecule has 0 aliphatic heterocycles. The first-order chi connectivity index (χ1) is 8.93. The number of hydrogen-bond donors (Lipinski definition) is 1. The molecular weight excluding hydrogens is 242 g/mol. The second-order valence-electron chi connectivity index (χ2n) is 4.16. The van der Waals surface area contributed by atoms with Crippen LogP contribution >= 0.6 is 0 Å². The maximum absolute atomic E-state index is 10.9. The number of hydrogen-bond acceptors (Lipinski definition) is 4. The highest BCUT2D eigenvalue weighted by Gasteiger charge is 2.09. The molecule has 0 unspecified atom stereocenters. The summed E-state index contributed by atoms with van der Waals surface area (Å²) in [4.78, 5) is 25.3. The molecule has 0 aromatic carbocycles. The summed E-state index contributed by atoms with van der Waals surface area (Å²) in [7, 11) is 0. The van der Waals surface area contributed by atoms with E-state index in [2.05, 4.69) is 15.2 Å². The highest BCUT2D eigenvalue weighted by Crippen LogP contribution is 2.08. The molecule has 0 radical (unpaired) electrons. The van der Waals surface area contributed by atoms with E-state index in [1.165, 1.54) is 6.92 Å². The van der Waals surface area contributed by atoms with E-state index in [9.17, 15) is 9.59 Å². The number of nitrogens with zero attached hydrogens (tertiary/aromatic N) is 2. The summed E-state index contributed by atoms with van der Waals surface area (Å²) in [6.07, 6.45) is 3.20. The van der Waals surface area contributed by atoms with Crippen LogP contribution in [0.25, 0.3) is 0 Å². The summed E-state index contributed by atoms with van der Waals surface area (Å²) >= 11 is 0. The number of Topliss-reactive ketones (excluding diaryl/α,β-unsaturated/α-hetero) is 2. The van der Waals surface area contributed by atoms with Crippen LogP contribution in [-0.4, -0.2) is 26.7 Å². The number of pyridine rings is 1. The van der Waals surface area contributed by atoms with Gasteiger partial charge in [0.2, 0.25) is 0 Å². The molecule has 0 fully saturated rings. The summed E-state index contributed by atoms with van der Waals surface area (Å²) in [5.74, 6) is 0.131. The Morgan fingerprint density at radius 3 is 2.11 bits per heavy atom. The van der Waals surface area contributed by atoms with Crippen molar-refractivity contribution in [1.82, 2.24) is 15.2 Å². The van der Waals surface area contributed by atoms with Crippen LogP contribution in [0.2, 0.25) is 0 Å². The topological polar surface area (TPSA) is 75.7 Å². The fourth-order valence-electron chi connectivity index (χ4n) is 1.64. The zero-order valence-electron chi connectivity index (χ0n) is 11.5. The van der Waals surface area contributed by atoms with Crippen LogP contribution in [0.4, 0.5) is 0 Å². The Hall–Kier alpha value is -2.30. The standard InChI is InChI=1S/C7H10N2O.C7H7NO/c1-4-7(6(3)10)5(2)9-8-4;1-6(9)7-3-2-4-8-5-7/h1-3H3,(H,8,9);2-5H,1H3. The predicted octanol–water partition coefficient (Wildman–Crippen LogP) is 2.51. The average Bonchev–Trinajstić information content (AvgIpc) is 2.71. The number of aryl methyl sites for hydroxylation is 2. The van der Waals surface area contributed by atoms with Crippen LogP contribution in [0.5, 0.6) is 0 Å². The smallest absolute Gasteiger partial charge is 0.163 e. The number of H-pyrrole nitrogens is 1. The molecule has 0 saturated carbocycles. The van der Waals surface area contributed by atoms with Gasteiger partial charge in [-0.2, -0.15) is 5.10 Å². The number of aromatic amines is 1. The molecule has 0 spiro atoms. The molecule has 0 saturated heterocycles. The van der Waals surface area contributed by atoms with E-state index in [0.29, 0.717) is 5.56 Å². The maximum atomic E-state index is 10.9. The molecule has 0 aliphatic carbocycles. The van der Waals surface area contributed by atoms with Gasteiger partial charge in [-0.05, 0) is 39.8 Å². The molecule has 2 rings (SSSR count). The zero-order chi connectivity index (χ0) is 14.4. The van der Waals surface area contributed by atoms with Crippen LogP contribution in [0, 0.1) is 13.8 Å². The summed E-state index contributed by atoms with van der Waals surface area (Å²) in [6, 6.07) is 3.49. The zero-order valence-corrected chi connectivity index (χ0v) is 11.5.